The van der Waals surface area contributed by atoms with Crippen molar-refractivity contribution in [3.63, 3.8) is 0 Å². The molecule has 1 aliphatic heterocycles. The number of halogens is 2. The van der Waals surface area contributed by atoms with Crippen LogP contribution in [0, 0.1) is 5.92 Å². The highest BCUT2D eigenvalue weighted by Gasteiger charge is 2.25. The monoisotopic (exact) mass is 193 g/mol. The number of carboxylic acids is 1. The second-order valence-corrected chi connectivity index (χ2v) is 3.41. The van der Waals surface area contributed by atoms with Crippen molar-refractivity contribution in [2.45, 2.75) is 19.3 Å². The lowest BCUT2D eigenvalue weighted by Gasteiger charge is -2.12. The van der Waals surface area contributed by atoms with Gasteiger partial charge in [-0.25, -0.2) is 8.78 Å². The number of alkyl halides is 2. The number of carboxylic acid groups (broad SMARTS) is 1. The molecule has 3 nitrogen and oxygen atoms in total. The second kappa shape index (κ2) is 4.50. The molecule has 0 amide bonds. The van der Waals surface area contributed by atoms with Gasteiger partial charge < -0.3 is 5.11 Å². The standard InChI is InChI=1S/C8H13F2NO2/c9-7(10)3-6-1-2-11(4-6)5-8(12)13/h6-7H,1-5H2,(H,12,13). The second-order valence-electron chi connectivity index (χ2n) is 3.41. The fraction of sp³-hybridized carbons (Fsp3) is 0.875. The molecule has 76 valence electrons. The minimum Gasteiger partial charge on any atom is -0.480 e. The number of hydrogen-bond donors (Lipinski definition) is 1. The Morgan fingerprint density at radius 3 is 2.85 bits per heavy atom. The van der Waals surface area contributed by atoms with E-state index in [9.17, 15) is 13.6 Å². The van der Waals surface area contributed by atoms with Crippen molar-refractivity contribution < 1.29 is 18.7 Å². The molecule has 1 rings (SSSR count). The van der Waals surface area contributed by atoms with Crippen molar-refractivity contribution in [2.75, 3.05) is 19.6 Å². The third-order valence-electron chi connectivity index (χ3n) is 2.24. The Balaban J connectivity index is 2.24. The van der Waals surface area contributed by atoms with E-state index in [4.69, 9.17) is 5.11 Å². The lowest BCUT2D eigenvalue weighted by Crippen LogP contribution is -2.27. The Labute approximate surface area is 75.3 Å². The summed E-state index contributed by atoms with van der Waals surface area (Å²) in [6.45, 7) is 1.10. The topological polar surface area (TPSA) is 40.5 Å². The van der Waals surface area contributed by atoms with Gasteiger partial charge in [-0.3, -0.25) is 9.69 Å². The summed E-state index contributed by atoms with van der Waals surface area (Å²) in [6, 6.07) is 0. The molecule has 1 heterocycles. The molecule has 0 radical (unpaired) electrons. The maximum atomic E-state index is 11.9. The zero-order valence-electron chi connectivity index (χ0n) is 7.25. The van der Waals surface area contributed by atoms with Crippen LogP contribution in [0.5, 0.6) is 0 Å². The van der Waals surface area contributed by atoms with Crippen LogP contribution in [0.2, 0.25) is 0 Å². The number of nitrogens with zero attached hydrogens (tertiary/aromatic N) is 1. The summed E-state index contributed by atoms with van der Waals surface area (Å²) in [7, 11) is 0. The van der Waals surface area contributed by atoms with E-state index in [1.165, 1.54) is 0 Å². The first-order chi connectivity index (χ1) is 6.08. The average Bonchev–Trinajstić information content (AvgIpc) is 2.33. The summed E-state index contributed by atoms with van der Waals surface area (Å²) in [4.78, 5) is 12.0. The summed E-state index contributed by atoms with van der Waals surface area (Å²) < 4.78 is 23.9. The van der Waals surface area contributed by atoms with Gasteiger partial charge in [-0.2, -0.15) is 0 Å². The van der Waals surface area contributed by atoms with Crippen molar-refractivity contribution in [2.24, 2.45) is 5.92 Å². The van der Waals surface area contributed by atoms with E-state index in [0.717, 1.165) is 0 Å². The number of hydrogen-bond acceptors (Lipinski definition) is 2. The normalized spacial score (nSPS) is 24.1. The maximum absolute atomic E-state index is 11.9. The Morgan fingerprint density at radius 1 is 1.62 bits per heavy atom. The number of aliphatic carboxylic acids is 1. The molecular weight excluding hydrogens is 180 g/mol. The van der Waals surface area contributed by atoms with E-state index in [1.54, 1.807) is 4.90 Å². The molecule has 0 aliphatic carbocycles. The van der Waals surface area contributed by atoms with Gasteiger partial charge >= 0.3 is 5.97 Å². The van der Waals surface area contributed by atoms with Crippen LogP contribution in [0.4, 0.5) is 8.78 Å². The summed E-state index contributed by atoms with van der Waals surface area (Å²) >= 11 is 0. The van der Waals surface area contributed by atoms with Crippen molar-refractivity contribution >= 4 is 5.97 Å². The first-order valence-electron chi connectivity index (χ1n) is 4.30. The van der Waals surface area contributed by atoms with Crippen molar-refractivity contribution in [1.29, 1.82) is 0 Å². The third kappa shape index (κ3) is 3.67. The molecule has 1 aliphatic rings. The lowest BCUT2D eigenvalue weighted by molar-refractivity contribution is -0.138. The fourth-order valence-electron chi connectivity index (χ4n) is 1.69. The highest BCUT2D eigenvalue weighted by Crippen LogP contribution is 2.22. The minimum absolute atomic E-state index is 0.0280. The molecule has 0 bridgehead atoms. The van der Waals surface area contributed by atoms with Crippen molar-refractivity contribution in [1.82, 2.24) is 4.90 Å². The SMILES string of the molecule is O=C(O)CN1CCC(CC(F)F)C1. The van der Waals surface area contributed by atoms with Gasteiger partial charge in [0.25, 0.3) is 0 Å². The number of likely N-dealkylation sites (tertiary alicyclic amines) is 1. The molecule has 0 aromatic carbocycles. The molecule has 0 aromatic rings. The molecule has 0 saturated carbocycles. The Bertz CT molecular complexity index is 187. The molecule has 13 heavy (non-hydrogen) atoms. The van der Waals surface area contributed by atoms with Gasteiger partial charge in [0, 0.05) is 13.0 Å². The van der Waals surface area contributed by atoms with Crippen LogP contribution < -0.4 is 0 Å². The first-order valence-corrected chi connectivity index (χ1v) is 4.30. The van der Waals surface area contributed by atoms with Gasteiger partial charge in [-0.15, -0.1) is 0 Å². The Morgan fingerprint density at radius 2 is 2.31 bits per heavy atom. The highest BCUT2D eigenvalue weighted by atomic mass is 19.3. The largest absolute Gasteiger partial charge is 0.480 e. The number of carbonyl (C=O) groups is 1. The Hall–Kier alpha value is -0.710. The molecule has 1 unspecified atom stereocenters. The number of rotatable bonds is 4. The van der Waals surface area contributed by atoms with Gasteiger partial charge in [-0.05, 0) is 18.9 Å². The van der Waals surface area contributed by atoms with Crippen LogP contribution in [0.25, 0.3) is 0 Å². The summed E-state index contributed by atoms with van der Waals surface area (Å²) in [5.74, 6) is -0.919. The van der Waals surface area contributed by atoms with Gasteiger partial charge in [0.05, 0.1) is 6.54 Å². The predicted molar refractivity (Wildman–Crippen MR) is 42.8 cm³/mol. The maximum Gasteiger partial charge on any atom is 0.317 e. The van der Waals surface area contributed by atoms with Crippen molar-refractivity contribution in [3.8, 4) is 0 Å². The van der Waals surface area contributed by atoms with Crippen LogP contribution in [-0.4, -0.2) is 42.0 Å². The van der Waals surface area contributed by atoms with Crippen LogP contribution in [0.15, 0.2) is 0 Å². The lowest BCUT2D eigenvalue weighted by atomic mass is 10.1. The van der Waals surface area contributed by atoms with E-state index in [2.05, 4.69) is 0 Å². The first kappa shape index (κ1) is 10.4. The fourth-order valence-corrected chi connectivity index (χ4v) is 1.69. The highest BCUT2D eigenvalue weighted by molar-refractivity contribution is 5.69. The quantitative estimate of drug-likeness (QED) is 0.725. The van der Waals surface area contributed by atoms with Crippen LogP contribution >= 0.6 is 0 Å². The van der Waals surface area contributed by atoms with Crippen LogP contribution in [0.1, 0.15) is 12.8 Å². The van der Waals surface area contributed by atoms with E-state index in [0.29, 0.717) is 19.5 Å². The minimum atomic E-state index is -2.27. The zero-order chi connectivity index (χ0) is 9.84. The zero-order valence-corrected chi connectivity index (χ0v) is 7.25. The summed E-state index contributed by atoms with van der Waals surface area (Å²) in [6.07, 6.45) is -1.68. The molecule has 0 spiro atoms. The van der Waals surface area contributed by atoms with Gasteiger partial charge in [0.1, 0.15) is 0 Å². The molecule has 1 N–H and O–H groups in total. The van der Waals surface area contributed by atoms with Crippen LogP contribution in [-0.2, 0) is 4.79 Å². The van der Waals surface area contributed by atoms with Gasteiger partial charge in [-0.1, -0.05) is 0 Å². The molecule has 1 atom stereocenters. The van der Waals surface area contributed by atoms with Crippen molar-refractivity contribution in [3.05, 3.63) is 0 Å². The molecule has 1 fully saturated rings. The summed E-state index contributed by atoms with van der Waals surface area (Å²) in [5, 5.41) is 8.45. The smallest absolute Gasteiger partial charge is 0.317 e. The molecule has 1 saturated heterocycles. The Kier molecular flexibility index (Phi) is 3.59. The van der Waals surface area contributed by atoms with Gasteiger partial charge in [0.2, 0.25) is 6.43 Å². The predicted octanol–water partition coefficient (Wildman–Crippen LogP) is 1.05. The average molecular weight is 193 g/mol. The molecule has 5 heteroatoms. The summed E-state index contributed by atoms with van der Waals surface area (Å²) in [5.41, 5.74) is 0. The van der Waals surface area contributed by atoms with Gasteiger partial charge in [0.15, 0.2) is 0 Å². The van der Waals surface area contributed by atoms with E-state index >= 15 is 0 Å². The van der Waals surface area contributed by atoms with Crippen LogP contribution in [0.3, 0.4) is 0 Å². The van der Waals surface area contributed by atoms with E-state index in [-0.39, 0.29) is 18.9 Å². The van der Waals surface area contributed by atoms with E-state index in [1.807, 2.05) is 0 Å². The molecule has 0 aromatic heterocycles. The third-order valence-corrected chi connectivity index (χ3v) is 2.24. The van der Waals surface area contributed by atoms with E-state index < -0.39 is 12.4 Å². The molecular formula is C8H13F2NO2.